The molecule has 1 aliphatic rings. The Kier molecular flexibility index (Phi) is 3.53. The van der Waals surface area contributed by atoms with Gasteiger partial charge in [0.25, 0.3) is 0 Å². The van der Waals surface area contributed by atoms with Gasteiger partial charge in [-0.1, -0.05) is 6.92 Å². The van der Waals surface area contributed by atoms with Crippen LogP contribution < -0.4 is 10.6 Å². The maximum atomic E-state index is 9.02. The van der Waals surface area contributed by atoms with Crippen molar-refractivity contribution in [1.29, 1.82) is 5.26 Å². The number of anilines is 2. The molecule has 1 aromatic rings. The molecule has 0 aromatic heterocycles. The number of nitriles is 1. The lowest BCUT2D eigenvalue weighted by atomic mass is 9.98. The number of hydrogen-bond donors (Lipinski definition) is 1. The fraction of sp³-hybridized carbons (Fsp3) is 0.500. The van der Waals surface area contributed by atoms with E-state index in [0.717, 1.165) is 18.7 Å². The Bertz CT molecular complexity index is 434. The molecule has 0 saturated carbocycles. The van der Waals surface area contributed by atoms with Crippen LogP contribution in [0.4, 0.5) is 11.4 Å². The number of rotatable bonds is 2. The molecule has 0 radical (unpaired) electrons. The third kappa shape index (κ3) is 2.36. The molecule has 3 heteroatoms. The van der Waals surface area contributed by atoms with Gasteiger partial charge in [0.15, 0.2) is 0 Å². The second kappa shape index (κ2) is 5.09. The highest BCUT2D eigenvalue weighted by Crippen LogP contribution is 2.28. The van der Waals surface area contributed by atoms with Crippen LogP contribution in [0.1, 0.15) is 38.2 Å². The minimum atomic E-state index is 0.571. The lowest BCUT2D eigenvalue weighted by molar-refractivity contribution is 0.450. The highest BCUT2D eigenvalue weighted by atomic mass is 15.2. The van der Waals surface area contributed by atoms with Gasteiger partial charge in [-0.15, -0.1) is 0 Å². The smallest absolute Gasteiger partial charge is 0.101 e. The summed E-state index contributed by atoms with van der Waals surface area (Å²) in [5, 5.41) is 9.02. The molecule has 2 rings (SSSR count). The second-order valence-corrected chi connectivity index (χ2v) is 4.63. The van der Waals surface area contributed by atoms with Crippen molar-refractivity contribution in [2.24, 2.45) is 0 Å². The molecule has 0 unspecified atom stereocenters. The molecule has 1 aromatic carbocycles. The van der Waals surface area contributed by atoms with Crippen molar-refractivity contribution in [3.8, 4) is 6.07 Å². The van der Waals surface area contributed by atoms with Gasteiger partial charge in [-0.25, -0.2) is 0 Å². The largest absolute Gasteiger partial charge is 0.398 e. The van der Waals surface area contributed by atoms with Gasteiger partial charge >= 0.3 is 0 Å². The molecular formula is C14H19N3. The first kappa shape index (κ1) is 11.8. The van der Waals surface area contributed by atoms with Crippen molar-refractivity contribution >= 4 is 11.4 Å². The number of hydrogen-bond acceptors (Lipinski definition) is 3. The first-order valence-electron chi connectivity index (χ1n) is 6.32. The summed E-state index contributed by atoms with van der Waals surface area (Å²) in [7, 11) is 0. The lowest BCUT2D eigenvalue weighted by Gasteiger charge is -2.37. The van der Waals surface area contributed by atoms with Gasteiger partial charge in [-0.2, -0.15) is 5.26 Å². The summed E-state index contributed by atoms with van der Waals surface area (Å²) < 4.78 is 0. The van der Waals surface area contributed by atoms with Crippen LogP contribution >= 0.6 is 0 Å². The maximum absolute atomic E-state index is 9.02. The van der Waals surface area contributed by atoms with Gasteiger partial charge in [0, 0.05) is 24.0 Å². The number of piperidine rings is 1. The van der Waals surface area contributed by atoms with Crippen molar-refractivity contribution in [2.45, 2.75) is 38.6 Å². The lowest BCUT2D eigenvalue weighted by Crippen LogP contribution is -2.39. The van der Waals surface area contributed by atoms with Crippen molar-refractivity contribution in [2.75, 3.05) is 17.2 Å². The second-order valence-electron chi connectivity index (χ2n) is 4.63. The Labute approximate surface area is 103 Å². The molecule has 1 atom stereocenters. The van der Waals surface area contributed by atoms with Gasteiger partial charge in [0.05, 0.1) is 5.56 Å². The van der Waals surface area contributed by atoms with E-state index in [1.54, 1.807) is 0 Å². The summed E-state index contributed by atoms with van der Waals surface area (Å²) in [5.74, 6) is 0. The highest BCUT2D eigenvalue weighted by molar-refractivity contribution is 5.63. The van der Waals surface area contributed by atoms with Crippen LogP contribution in [-0.2, 0) is 0 Å². The first-order chi connectivity index (χ1) is 8.26. The summed E-state index contributed by atoms with van der Waals surface area (Å²) in [6, 6.07) is 8.56. The minimum absolute atomic E-state index is 0.571. The summed E-state index contributed by atoms with van der Waals surface area (Å²) in [4.78, 5) is 2.42. The van der Waals surface area contributed by atoms with E-state index >= 15 is 0 Å². The van der Waals surface area contributed by atoms with Gasteiger partial charge in [-0.05, 0) is 43.9 Å². The molecular weight excluding hydrogens is 210 g/mol. The topological polar surface area (TPSA) is 53.0 Å². The van der Waals surface area contributed by atoms with Crippen LogP contribution in [0.3, 0.4) is 0 Å². The molecule has 90 valence electrons. The van der Waals surface area contributed by atoms with Crippen molar-refractivity contribution in [1.82, 2.24) is 0 Å². The van der Waals surface area contributed by atoms with Crippen LogP contribution in [-0.4, -0.2) is 12.6 Å². The van der Waals surface area contributed by atoms with Gasteiger partial charge in [0.1, 0.15) is 6.07 Å². The average molecular weight is 229 g/mol. The van der Waals surface area contributed by atoms with E-state index < -0.39 is 0 Å². The van der Waals surface area contributed by atoms with Crippen molar-refractivity contribution < 1.29 is 0 Å². The van der Waals surface area contributed by atoms with Crippen LogP contribution in [0.15, 0.2) is 18.2 Å². The summed E-state index contributed by atoms with van der Waals surface area (Å²) in [6.45, 7) is 3.32. The number of benzene rings is 1. The third-order valence-corrected chi connectivity index (χ3v) is 3.59. The van der Waals surface area contributed by atoms with Crippen LogP contribution in [0.2, 0.25) is 0 Å². The Morgan fingerprint density at radius 3 is 3.00 bits per heavy atom. The molecule has 1 fully saturated rings. The number of nitrogen functional groups attached to an aromatic ring is 1. The average Bonchev–Trinajstić information content (AvgIpc) is 2.39. The van der Waals surface area contributed by atoms with E-state index in [1.807, 2.05) is 18.2 Å². The summed E-state index contributed by atoms with van der Waals surface area (Å²) in [5.41, 5.74) is 8.05. The molecule has 1 saturated heterocycles. The maximum Gasteiger partial charge on any atom is 0.101 e. The fourth-order valence-corrected chi connectivity index (χ4v) is 2.58. The van der Waals surface area contributed by atoms with Gasteiger partial charge in [0.2, 0.25) is 0 Å². The predicted octanol–water partition coefficient (Wildman–Crippen LogP) is 2.91. The molecule has 17 heavy (non-hydrogen) atoms. The minimum Gasteiger partial charge on any atom is -0.398 e. The van der Waals surface area contributed by atoms with Crippen molar-refractivity contribution in [3.05, 3.63) is 23.8 Å². The molecule has 0 aliphatic carbocycles. The SMILES string of the molecule is CC[C@H]1CCCCN1c1ccc(N)c(C#N)c1. The van der Waals surface area contributed by atoms with Crippen LogP contribution in [0, 0.1) is 11.3 Å². The number of nitrogens with two attached hydrogens (primary N) is 1. The van der Waals surface area contributed by atoms with E-state index in [9.17, 15) is 0 Å². The number of nitrogens with zero attached hydrogens (tertiary/aromatic N) is 2. The molecule has 1 heterocycles. The first-order valence-corrected chi connectivity index (χ1v) is 6.32. The third-order valence-electron chi connectivity index (χ3n) is 3.59. The molecule has 0 bridgehead atoms. The summed E-state index contributed by atoms with van der Waals surface area (Å²) >= 11 is 0. The standard InChI is InChI=1S/C14H19N3/c1-2-12-5-3-4-8-17(12)13-6-7-14(16)11(9-13)10-15/h6-7,9,12H,2-5,8,16H2,1H3/t12-/m0/s1. The molecule has 2 N–H and O–H groups in total. The Hall–Kier alpha value is -1.69. The summed E-state index contributed by atoms with van der Waals surface area (Å²) in [6.07, 6.45) is 4.97. The molecule has 3 nitrogen and oxygen atoms in total. The van der Waals surface area contributed by atoms with Gasteiger partial charge in [-0.3, -0.25) is 0 Å². The van der Waals surface area contributed by atoms with Crippen molar-refractivity contribution in [3.63, 3.8) is 0 Å². The normalized spacial score (nSPS) is 20.0. The zero-order valence-electron chi connectivity index (χ0n) is 10.3. The van der Waals surface area contributed by atoms with Gasteiger partial charge < -0.3 is 10.6 Å². The van der Waals surface area contributed by atoms with E-state index in [4.69, 9.17) is 11.0 Å². The zero-order valence-corrected chi connectivity index (χ0v) is 10.3. The Morgan fingerprint density at radius 2 is 2.29 bits per heavy atom. The quantitative estimate of drug-likeness (QED) is 0.793. The Balaban J connectivity index is 2.29. The zero-order chi connectivity index (χ0) is 12.3. The monoisotopic (exact) mass is 229 g/mol. The van der Waals surface area contributed by atoms with Crippen LogP contribution in [0.25, 0.3) is 0 Å². The predicted molar refractivity (Wildman–Crippen MR) is 70.8 cm³/mol. The van der Waals surface area contributed by atoms with E-state index in [-0.39, 0.29) is 0 Å². The molecule has 1 aliphatic heterocycles. The Morgan fingerprint density at radius 1 is 1.47 bits per heavy atom. The van der Waals surface area contributed by atoms with E-state index in [0.29, 0.717) is 17.3 Å². The van der Waals surface area contributed by atoms with E-state index in [1.165, 1.54) is 19.3 Å². The van der Waals surface area contributed by atoms with Crippen LogP contribution in [0.5, 0.6) is 0 Å². The fourth-order valence-electron chi connectivity index (χ4n) is 2.58. The highest BCUT2D eigenvalue weighted by Gasteiger charge is 2.21. The molecule has 0 spiro atoms. The van der Waals surface area contributed by atoms with E-state index in [2.05, 4.69) is 17.9 Å². The molecule has 0 amide bonds.